The predicted octanol–water partition coefficient (Wildman–Crippen LogP) is 2.18. The summed E-state index contributed by atoms with van der Waals surface area (Å²) in [7, 11) is -3.41. The van der Waals surface area contributed by atoms with Crippen molar-refractivity contribution in [3.05, 3.63) is 59.9 Å². The van der Waals surface area contributed by atoms with Gasteiger partial charge in [0.2, 0.25) is 15.9 Å². The molecule has 0 saturated carbocycles. The lowest BCUT2D eigenvalue weighted by Crippen LogP contribution is -2.32. The fraction of sp³-hybridized carbons (Fsp3) is 0.294. The molecule has 1 aromatic heterocycles. The second-order valence-electron chi connectivity index (χ2n) is 5.62. The third-order valence-electron chi connectivity index (χ3n) is 3.47. The lowest BCUT2D eigenvalue weighted by Gasteiger charge is -2.19. The van der Waals surface area contributed by atoms with Gasteiger partial charge in [0.25, 0.3) is 0 Å². The molecule has 0 aliphatic rings. The van der Waals surface area contributed by atoms with Crippen molar-refractivity contribution in [1.82, 2.24) is 9.29 Å². The lowest BCUT2D eigenvalue weighted by atomic mass is 10.2. The number of sulfonamides is 1. The van der Waals surface area contributed by atoms with E-state index < -0.39 is 10.0 Å². The molecule has 2 rings (SSSR count). The first-order chi connectivity index (χ1) is 11.3. The number of amides is 1. The highest BCUT2D eigenvalue weighted by Crippen LogP contribution is 2.11. The molecule has 6 nitrogen and oxygen atoms in total. The third kappa shape index (κ3) is 5.75. The van der Waals surface area contributed by atoms with Gasteiger partial charge in [-0.05, 0) is 42.3 Å². The van der Waals surface area contributed by atoms with Gasteiger partial charge in [0.1, 0.15) is 0 Å². The number of nitrogens with zero attached hydrogens (tertiary/aromatic N) is 2. The van der Waals surface area contributed by atoms with Crippen LogP contribution in [-0.2, 0) is 21.4 Å². The van der Waals surface area contributed by atoms with Crippen LogP contribution in [0.15, 0.2) is 48.8 Å². The SMILES string of the molecule is Cc1cccc(NC(=O)CCN(Cc2ccncc2)S(C)(=O)=O)c1. The first-order valence-electron chi connectivity index (χ1n) is 7.55. The van der Waals surface area contributed by atoms with Crippen molar-refractivity contribution < 1.29 is 13.2 Å². The number of aryl methyl sites for hydroxylation is 1. The quantitative estimate of drug-likeness (QED) is 0.832. The van der Waals surface area contributed by atoms with E-state index >= 15 is 0 Å². The molecule has 0 atom stereocenters. The van der Waals surface area contributed by atoms with E-state index in [1.54, 1.807) is 30.6 Å². The molecular formula is C17H21N3O3S. The highest BCUT2D eigenvalue weighted by Gasteiger charge is 2.18. The maximum atomic E-state index is 12.1. The van der Waals surface area contributed by atoms with Gasteiger partial charge in [-0.1, -0.05) is 12.1 Å². The normalized spacial score (nSPS) is 11.5. The van der Waals surface area contributed by atoms with Crippen LogP contribution >= 0.6 is 0 Å². The van der Waals surface area contributed by atoms with E-state index in [4.69, 9.17) is 0 Å². The van der Waals surface area contributed by atoms with Crippen molar-refractivity contribution in [3.63, 3.8) is 0 Å². The largest absolute Gasteiger partial charge is 0.326 e. The number of nitrogens with one attached hydrogen (secondary N) is 1. The Kier molecular flexibility index (Phi) is 6.05. The molecule has 0 bridgehead atoms. The molecule has 1 amide bonds. The summed E-state index contributed by atoms with van der Waals surface area (Å²) >= 11 is 0. The van der Waals surface area contributed by atoms with Crippen molar-refractivity contribution >= 4 is 21.6 Å². The van der Waals surface area contributed by atoms with Gasteiger partial charge in [0, 0.05) is 37.6 Å². The van der Waals surface area contributed by atoms with E-state index in [0.29, 0.717) is 5.69 Å². The number of pyridine rings is 1. The number of carbonyl (C=O) groups excluding carboxylic acids is 1. The van der Waals surface area contributed by atoms with Crippen molar-refractivity contribution in [2.45, 2.75) is 19.9 Å². The number of carbonyl (C=O) groups is 1. The minimum absolute atomic E-state index is 0.0894. The van der Waals surface area contributed by atoms with Gasteiger partial charge in [-0.2, -0.15) is 4.31 Å². The topological polar surface area (TPSA) is 79.4 Å². The van der Waals surface area contributed by atoms with Crippen molar-refractivity contribution in [3.8, 4) is 0 Å². The average Bonchev–Trinajstić information content (AvgIpc) is 2.51. The minimum Gasteiger partial charge on any atom is -0.326 e. The summed E-state index contributed by atoms with van der Waals surface area (Å²) in [5.41, 5.74) is 2.58. The molecule has 2 aromatic rings. The van der Waals surface area contributed by atoms with E-state index in [1.807, 2.05) is 25.1 Å². The summed E-state index contributed by atoms with van der Waals surface area (Å²) in [4.78, 5) is 16.0. The Morgan fingerprint density at radius 1 is 1.21 bits per heavy atom. The zero-order valence-electron chi connectivity index (χ0n) is 13.8. The summed E-state index contributed by atoms with van der Waals surface area (Å²) in [5.74, 6) is -0.219. The van der Waals surface area contributed by atoms with Crippen molar-refractivity contribution in [2.24, 2.45) is 0 Å². The highest BCUT2D eigenvalue weighted by molar-refractivity contribution is 7.88. The van der Waals surface area contributed by atoms with Gasteiger partial charge in [-0.25, -0.2) is 8.42 Å². The molecule has 0 aliphatic carbocycles. The molecular weight excluding hydrogens is 326 g/mol. The van der Waals surface area contributed by atoms with Gasteiger partial charge in [0.15, 0.2) is 0 Å². The standard InChI is InChI=1S/C17H21N3O3S/c1-14-4-3-5-16(12-14)19-17(21)8-11-20(24(2,22)23)13-15-6-9-18-10-7-15/h3-7,9-10,12H,8,11,13H2,1-2H3,(H,19,21). The molecule has 24 heavy (non-hydrogen) atoms. The van der Waals surface area contributed by atoms with Gasteiger partial charge in [0.05, 0.1) is 6.26 Å². The van der Waals surface area contributed by atoms with Crippen LogP contribution in [0.1, 0.15) is 17.5 Å². The van der Waals surface area contributed by atoms with Crippen LogP contribution in [0.4, 0.5) is 5.69 Å². The minimum atomic E-state index is -3.41. The molecule has 1 heterocycles. The first-order valence-corrected chi connectivity index (χ1v) is 9.40. The Bertz CT molecular complexity index is 792. The van der Waals surface area contributed by atoms with E-state index in [2.05, 4.69) is 10.3 Å². The highest BCUT2D eigenvalue weighted by atomic mass is 32.2. The zero-order valence-corrected chi connectivity index (χ0v) is 14.6. The van der Waals surface area contributed by atoms with Crippen LogP contribution < -0.4 is 5.32 Å². The molecule has 7 heteroatoms. The van der Waals surface area contributed by atoms with Gasteiger partial charge >= 0.3 is 0 Å². The van der Waals surface area contributed by atoms with Crippen LogP contribution in [0, 0.1) is 6.92 Å². The number of aromatic nitrogens is 1. The Morgan fingerprint density at radius 3 is 2.54 bits per heavy atom. The van der Waals surface area contributed by atoms with Crippen LogP contribution in [0.25, 0.3) is 0 Å². The van der Waals surface area contributed by atoms with Crippen LogP contribution in [-0.4, -0.2) is 36.4 Å². The Balaban J connectivity index is 1.96. The van der Waals surface area contributed by atoms with Crippen LogP contribution in [0.3, 0.4) is 0 Å². The summed E-state index contributed by atoms with van der Waals surface area (Å²) < 4.78 is 25.1. The molecule has 1 N–H and O–H groups in total. The molecule has 0 saturated heterocycles. The van der Waals surface area contributed by atoms with Gasteiger partial charge < -0.3 is 5.32 Å². The van der Waals surface area contributed by atoms with Gasteiger partial charge in [-0.3, -0.25) is 9.78 Å². The number of anilines is 1. The van der Waals surface area contributed by atoms with Crippen molar-refractivity contribution in [1.29, 1.82) is 0 Å². The molecule has 0 spiro atoms. The average molecular weight is 347 g/mol. The van der Waals surface area contributed by atoms with E-state index in [0.717, 1.165) is 17.4 Å². The monoisotopic (exact) mass is 347 g/mol. The molecule has 0 fully saturated rings. The van der Waals surface area contributed by atoms with E-state index in [-0.39, 0.29) is 25.4 Å². The van der Waals surface area contributed by atoms with Crippen LogP contribution in [0.2, 0.25) is 0 Å². The van der Waals surface area contributed by atoms with Crippen LogP contribution in [0.5, 0.6) is 0 Å². The molecule has 0 unspecified atom stereocenters. The molecule has 128 valence electrons. The fourth-order valence-electron chi connectivity index (χ4n) is 2.23. The van der Waals surface area contributed by atoms with E-state index in [1.165, 1.54) is 4.31 Å². The zero-order chi connectivity index (χ0) is 17.6. The summed E-state index contributed by atoms with van der Waals surface area (Å²) in [6.45, 7) is 2.29. The smallest absolute Gasteiger partial charge is 0.225 e. The maximum Gasteiger partial charge on any atom is 0.225 e. The number of rotatable bonds is 7. The number of hydrogen-bond acceptors (Lipinski definition) is 4. The number of hydrogen-bond donors (Lipinski definition) is 1. The Morgan fingerprint density at radius 2 is 1.92 bits per heavy atom. The second kappa shape index (κ2) is 8.03. The summed E-state index contributed by atoms with van der Waals surface area (Å²) in [5, 5.41) is 2.78. The molecule has 0 aliphatic heterocycles. The van der Waals surface area contributed by atoms with Crippen molar-refractivity contribution in [2.75, 3.05) is 18.1 Å². The fourth-order valence-corrected chi connectivity index (χ4v) is 3.03. The van der Waals surface area contributed by atoms with Gasteiger partial charge in [-0.15, -0.1) is 0 Å². The lowest BCUT2D eigenvalue weighted by molar-refractivity contribution is -0.116. The Hall–Kier alpha value is -2.25. The number of benzene rings is 1. The Labute approximate surface area is 142 Å². The maximum absolute atomic E-state index is 12.1. The molecule has 0 radical (unpaired) electrons. The van der Waals surface area contributed by atoms with E-state index in [9.17, 15) is 13.2 Å². The second-order valence-corrected chi connectivity index (χ2v) is 7.60. The molecule has 1 aromatic carbocycles. The summed E-state index contributed by atoms with van der Waals surface area (Å²) in [6.07, 6.45) is 4.46. The summed E-state index contributed by atoms with van der Waals surface area (Å²) in [6, 6.07) is 11.0. The predicted molar refractivity (Wildman–Crippen MR) is 93.9 cm³/mol. The third-order valence-corrected chi connectivity index (χ3v) is 4.72. The first kappa shape index (κ1) is 18.1.